The third kappa shape index (κ3) is 5.10. The van der Waals surface area contributed by atoms with E-state index in [4.69, 9.17) is 9.72 Å². The number of ether oxygens (including phenoxy) is 1. The Bertz CT molecular complexity index is 1340. The first kappa shape index (κ1) is 23.0. The SMILES string of the molecule is C=CCn1c(SCc2cccc(C(=O)OCCC)c2)nc2scc(-c3ccccc3)c2c1=O. The number of benzene rings is 2. The summed E-state index contributed by atoms with van der Waals surface area (Å²) >= 11 is 2.95. The molecule has 168 valence electrons. The van der Waals surface area contributed by atoms with Gasteiger partial charge in [0.05, 0.1) is 17.6 Å². The van der Waals surface area contributed by atoms with Gasteiger partial charge >= 0.3 is 5.97 Å². The van der Waals surface area contributed by atoms with Crippen molar-refractivity contribution in [2.75, 3.05) is 6.61 Å². The van der Waals surface area contributed by atoms with Crippen LogP contribution < -0.4 is 5.56 Å². The zero-order valence-electron chi connectivity index (χ0n) is 18.3. The normalized spacial score (nSPS) is 10.9. The zero-order valence-corrected chi connectivity index (χ0v) is 20.0. The van der Waals surface area contributed by atoms with Crippen LogP contribution in [0.1, 0.15) is 29.3 Å². The minimum absolute atomic E-state index is 0.0700. The Morgan fingerprint density at radius 1 is 1.21 bits per heavy atom. The summed E-state index contributed by atoms with van der Waals surface area (Å²) in [7, 11) is 0. The quantitative estimate of drug-likeness (QED) is 0.125. The van der Waals surface area contributed by atoms with E-state index in [1.807, 2.05) is 60.8 Å². The number of aromatic nitrogens is 2. The summed E-state index contributed by atoms with van der Waals surface area (Å²) in [6, 6.07) is 17.3. The molecule has 4 aromatic rings. The number of hydrogen-bond donors (Lipinski definition) is 0. The molecule has 0 N–H and O–H groups in total. The molecule has 0 aliphatic rings. The number of allylic oxidation sites excluding steroid dienone is 1. The molecule has 0 aliphatic carbocycles. The van der Waals surface area contributed by atoms with E-state index in [-0.39, 0.29) is 11.5 Å². The van der Waals surface area contributed by atoms with Gasteiger partial charge in [0.25, 0.3) is 5.56 Å². The van der Waals surface area contributed by atoms with Gasteiger partial charge in [-0.05, 0) is 29.7 Å². The van der Waals surface area contributed by atoms with Crippen molar-refractivity contribution >= 4 is 39.3 Å². The van der Waals surface area contributed by atoms with Crippen molar-refractivity contribution in [3.8, 4) is 11.1 Å². The molecule has 33 heavy (non-hydrogen) atoms. The van der Waals surface area contributed by atoms with Crippen LogP contribution in [-0.2, 0) is 17.0 Å². The molecule has 0 radical (unpaired) electrons. The largest absolute Gasteiger partial charge is 0.462 e. The minimum atomic E-state index is -0.321. The lowest BCUT2D eigenvalue weighted by atomic mass is 10.1. The van der Waals surface area contributed by atoms with Crippen molar-refractivity contribution < 1.29 is 9.53 Å². The Balaban J connectivity index is 1.65. The summed E-state index contributed by atoms with van der Waals surface area (Å²) in [5.74, 6) is 0.250. The van der Waals surface area contributed by atoms with E-state index in [2.05, 4.69) is 6.58 Å². The average Bonchev–Trinajstić information content (AvgIpc) is 3.28. The second kappa shape index (κ2) is 10.6. The van der Waals surface area contributed by atoms with Crippen LogP contribution in [-0.4, -0.2) is 22.1 Å². The Morgan fingerprint density at radius 2 is 2.03 bits per heavy atom. The predicted molar refractivity (Wildman–Crippen MR) is 136 cm³/mol. The van der Waals surface area contributed by atoms with Crippen LogP contribution in [0.4, 0.5) is 0 Å². The maximum Gasteiger partial charge on any atom is 0.338 e. The van der Waals surface area contributed by atoms with Crippen molar-refractivity contribution in [3.05, 3.63) is 94.1 Å². The molecule has 5 nitrogen and oxygen atoms in total. The number of thioether (sulfide) groups is 1. The summed E-state index contributed by atoms with van der Waals surface area (Å²) in [4.78, 5) is 31.2. The molecule has 0 atom stereocenters. The van der Waals surface area contributed by atoms with Crippen molar-refractivity contribution in [1.82, 2.24) is 9.55 Å². The fourth-order valence-electron chi connectivity index (χ4n) is 3.45. The summed E-state index contributed by atoms with van der Waals surface area (Å²) in [5.41, 5.74) is 3.32. The Labute approximate surface area is 200 Å². The third-order valence-electron chi connectivity index (χ3n) is 5.02. The van der Waals surface area contributed by atoms with E-state index in [1.165, 1.54) is 23.1 Å². The van der Waals surface area contributed by atoms with Gasteiger partial charge in [0.15, 0.2) is 5.16 Å². The summed E-state index contributed by atoms with van der Waals surface area (Å²) in [6.07, 6.45) is 2.49. The van der Waals surface area contributed by atoms with Crippen LogP contribution in [0.15, 0.2) is 82.6 Å². The number of fused-ring (bicyclic) bond motifs is 1. The lowest BCUT2D eigenvalue weighted by molar-refractivity contribution is 0.0505. The van der Waals surface area contributed by atoms with Crippen LogP contribution in [0, 0.1) is 0 Å². The molecule has 2 heterocycles. The summed E-state index contributed by atoms with van der Waals surface area (Å²) in [5, 5.41) is 3.26. The molecule has 2 aromatic carbocycles. The highest BCUT2D eigenvalue weighted by atomic mass is 32.2. The molecule has 0 fully saturated rings. The van der Waals surface area contributed by atoms with Crippen molar-refractivity contribution in [1.29, 1.82) is 0 Å². The Morgan fingerprint density at radius 3 is 2.79 bits per heavy atom. The standard InChI is InChI=1S/C26H24N2O3S2/c1-3-13-28-24(29)22-21(19-10-6-5-7-11-19)17-32-23(22)27-26(28)33-16-18-9-8-12-20(15-18)25(30)31-14-4-2/h3,5-12,15,17H,1,4,13-14,16H2,2H3. The molecule has 4 rings (SSSR count). The number of rotatable bonds is 9. The summed E-state index contributed by atoms with van der Waals surface area (Å²) < 4.78 is 6.90. The molecular formula is C26H24N2O3S2. The van der Waals surface area contributed by atoms with Gasteiger partial charge in [0.2, 0.25) is 0 Å². The Kier molecular flexibility index (Phi) is 7.42. The molecule has 0 amide bonds. The maximum atomic E-state index is 13.5. The van der Waals surface area contributed by atoms with Crippen LogP contribution >= 0.6 is 23.1 Å². The van der Waals surface area contributed by atoms with E-state index < -0.39 is 0 Å². The second-order valence-corrected chi connectivity index (χ2v) is 9.22. The zero-order chi connectivity index (χ0) is 23.2. The van der Waals surface area contributed by atoms with Gasteiger partial charge in [-0.1, -0.05) is 67.2 Å². The average molecular weight is 477 g/mol. The van der Waals surface area contributed by atoms with Gasteiger partial charge < -0.3 is 4.74 Å². The van der Waals surface area contributed by atoms with E-state index in [9.17, 15) is 9.59 Å². The lowest BCUT2D eigenvalue weighted by Gasteiger charge is -2.11. The van der Waals surface area contributed by atoms with Crippen LogP contribution in [0.5, 0.6) is 0 Å². The highest BCUT2D eigenvalue weighted by molar-refractivity contribution is 7.98. The smallest absolute Gasteiger partial charge is 0.338 e. The second-order valence-electron chi connectivity index (χ2n) is 7.42. The van der Waals surface area contributed by atoms with Gasteiger partial charge in [-0.15, -0.1) is 17.9 Å². The number of nitrogens with zero attached hydrogens (tertiary/aromatic N) is 2. The molecule has 0 spiro atoms. The van der Waals surface area contributed by atoms with Crippen molar-refractivity contribution in [2.45, 2.75) is 30.8 Å². The first-order chi connectivity index (χ1) is 16.1. The highest BCUT2D eigenvalue weighted by Gasteiger charge is 2.17. The highest BCUT2D eigenvalue weighted by Crippen LogP contribution is 2.32. The van der Waals surface area contributed by atoms with Crippen molar-refractivity contribution in [3.63, 3.8) is 0 Å². The number of carbonyl (C=O) groups excluding carboxylic acids is 1. The number of carbonyl (C=O) groups is 1. The van der Waals surface area contributed by atoms with Crippen LogP contribution in [0.2, 0.25) is 0 Å². The number of esters is 1. The van der Waals surface area contributed by atoms with Gasteiger partial charge in [0.1, 0.15) is 4.83 Å². The fraction of sp³-hybridized carbons (Fsp3) is 0.192. The van der Waals surface area contributed by atoms with E-state index in [1.54, 1.807) is 16.7 Å². The third-order valence-corrected chi connectivity index (χ3v) is 6.94. The van der Waals surface area contributed by atoms with Gasteiger partial charge in [-0.2, -0.15) is 0 Å². The van der Waals surface area contributed by atoms with E-state index in [0.29, 0.717) is 35.0 Å². The predicted octanol–water partition coefficient (Wildman–Crippen LogP) is 6.17. The summed E-state index contributed by atoms with van der Waals surface area (Å²) in [6.45, 7) is 6.55. The maximum absolute atomic E-state index is 13.5. The van der Waals surface area contributed by atoms with Crippen molar-refractivity contribution in [2.24, 2.45) is 0 Å². The first-order valence-electron chi connectivity index (χ1n) is 10.7. The molecule has 2 aromatic heterocycles. The molecule has 0 aliphatic heterocycles. The lowest BCUT2D eigenvalue weighted by Crippen LogP contribution is -2.22. The van der Waals surface area contributed by atoms with E-state index >= 15 is 0 Å². The topological polar surface area (TPSA) is 61.2 Å². The number of thiophene rings is 1. The van der Waals surface area contributed by atoms with Gasteiger partial charge in [0, 0.05) is 23.2 Å². The van der Waals surface area contributed by atoms with Gasteiger partial charge in [-0.25, -0.2) is 9.78 Å². The molecule has 0 unspecified atom stereocenters. The Hall–Kier alpha value is -3.16. The monoisotopic (exact) mass is 476 g/mol. The molecule has 0 saturated heterocycles. The number of hydrogen-bond acceptors (Lipinski definition) is 6. The molecular weight excluding hydrogens is 452 g/mol. The van der Waals surface area contributed by atoms with Crippen LogP contribution in [0.25, 0.3) is 21.3 Å². The molecule has 7 heteroatoms. The van der Waals surface area contributed by atoms with Crippen LogP contribution in [0.3, 0.4) is 0 Å². The first-order valence-corrected chi connectivity index (χ1v) is 12.6. The minimum Gasteiger partial charge on any atom is -0.462 e. The van der Waals surface area contributed by atoms with Gasteiger partial charge in [-0.3, -0.25) is 9.36 Å². The fourth-order valence-corrected chi connectivity index (χ4v) is 5.39. The van der Waals surface area contributed by atoms with E-state index in [0.717, 1.165) is 27.9 Å². The molecule has 0 saturated carbocycles. The molecule has 0 bridgehead atoms.